The van der Waals surface area contributed by atoms with Gasteiger partial charge in [-0.2, -0.15) is 0 Å². The van der Waals surface area contributed by atoms with Crippen molar-refractivity contribution in [3.05, 3.63) is 143 Å². The van der Waals surface area contributed by atoms with Crippen molar-refractivity contribution in [2.45, 2.75) is 89.6 Å². The molecule has 0 bridgehead atoms. The Morgan fingerprint density at radius 2 is 0.943 bits per heavy atom. The number of likely N-dealkylation sites (tertiary alicyclic amines) is 1. The van der Waals surface area contributed by atoms with Crippen molar-refractivity contribution in [1.29, 1.82) is 0 Å². The molecule has 2 N–H and O–H groups in total. The first-order valence-corrected chi connectivity index (χ1v) is 19.5. The number of carbonyl (C=O) groups excluding carboxylic acids is 3. The Bertz CT molecular complexity index is 1950. The minimum absolute atomic E-state index is 0.0807. The molecule has 6 heteroatoms. The van der Waals surface area contributed by atoms with Crippen LogP contribution in [0, 0.1) is 0 Å². The first-order valence-electron chi connectivity index (χ1n) is 19.5. The molecule has 3 saturated heterocycles. The second-order valence-electron chi connectivity index (χ2n) is 15.0. The summed E-state index contributed by atoms with van der Waals surface area (Å²) >= 11 is 0. The summed E-state index contributed by atoms with van der Waals surface area (Å²) < 4.78 is 0. The van der Waals surface area contributed by atoms with E-state index in [9.17, 15) is 14.4 Å². The molecule has 4 fully saturated rings. The maximum Gasteiger partial charge on any atom is 0.247 e. The Kier molecular flexibility index (Phi) is 11.6. The summed E-state index contributed by atoms with van der Waals surface area (Å²) in [5.41, 5.74) is 12.1. The molecule has 8 rings (SSSR count). The predicted octanol–water partition coefficient (Wildman–Crippen LogP) is 8.77. The monoisotopic (exact) mass is 705 g/mol. The van der Waals surface area contributed by atoms with Crippen LogP contribution in [-0.4, -0.2) is 47.8 Å². The van der Waals surface area contributed by atoms with E-state index in [1.807, 2.05) is 29.2 Å². The molecule has 1 aliphatic carbocycles. The van der Waals surface area contributed by atoms with E-state index in [2.05, 4.69) is 95.6 Å². The fraction of sp³-hybridized carbons (Fsp3) is 0.340. The smallest absolute Gasteiger partial charge is 0.247 e. The third-order valence-corrected chi connectivity index (χ3v) is 11.3. The molecule has 272 valence electrons. The van der Waals surface area contributed by atoms with Crippen LogP contribution in [0.25, 0.3) is 22.3 Å². The minimum atomic E-state index is 0.0807. The summed E-state index contributed by atoms with van der Waals surface area (Å²) in [4.78, 5) is 38.2. The van der Waals surface area contributed by atoms with E-state index in [-0.39, 0.29) is 29.8 Å². The van der Waals surface area contributed by atoms with E-state index in [1.165, 1.54) is 63.8 Å². The van der Waals surface area contributed by atoms with Crippen LogP contribution in [0.3, 0.4) is 0 Å². The largest absolute Gasteiger partial charge is 0.349 e. The Balaban J connectivity index is 0.000000165. The van der Waals surface area contributed by atoms with E-state index in [0.29, 0.717) is 0 Å². The van der Waals surface area contributed by atoms with Crippen LogP contribution in [0.4, 0.5) is 0 Å². The van der Waals surface area contributed by atoms with Crippen molar-refractivity contribution in [2.75, 3.05) is 13.1 Å². The molecule has 4 aliphatic rings. The molecule has 1 saturated carbocycles. The van der Waals surface area contributed by atoms with Crippen molar-refractivity contribution in [3.8, 4) is 22.3 Å². The van der Waals surface area contributed by atoms with E-state index in [0.717, 1.165) is 75.6 Å². The van der Waals surface area contributed by atoms with Gasteiger partial charge in [-0.1, -0.05) is 127 Å². The first kappa shape index (κ1) is 36.1. The summed E-state index contributed by atoms with van der Waals surface area (Å²) in [7, 11) is 0. The van der Waals surface area contributed by atoms with Gasteiger partial charge in [0.15, 0.2) is 0 Å². The summed E-state index contributed by atoms with van der Waals surface area (Å²) in [6.45, 7) is 3.07. The van der Waals surface area contributed by atoms with Gasteiger partial charge in [0, 0.05) is 43.2 Å². The lowest BCUT2D eigenvalue weighted by atomic mass is 9.89. The SMILES string of the molecule is CC(=O)N1CCC(=C2C[C@@H](Cc3ccc(-c4ccccc4)cc3)NC2=O)CC1.O=C1N[C@H](Cc2ccc(-c3ccccc3)cc2)CC1=C1CCCCC1. The second-order valence-corrected chi connectivity index (χ2v) is 15.0. The minimum Gasteiger partial charge on any atom is -0.349 e. The standard InChI is InChI=1S/C24H26N2O2.C23H25NO/c1-17(27)26-13-11-21(12-14-26)23-16-22(25-24(23)28)15-18-7-9-20(10-8-18)19-5-3-2-4-6-19;25-23-22(20-9-5-2-6-10-20)16-21(24-23)15-17-11-13-19(14-12-17)18-7-3-1-4-8-18/h2-10,22H,11-16H2,1H3,(H,25,28);1,3-4,7-8,11-14,21H,2,5-6,9-10,15-16H2,(H,24,25)/t22-;21-/m11/s1. The lowest BCUT2D eigenvalue weighted by Crippen LogP contribution is -2.35. The van der Waals surface area contributed by atoms with Crippen molar-refractivity contribution in [3.63, 3.8) is 0 Å². The summed E-state index contributed by atoms with van der Waals surface area (Å²) in [6.07, 6.45) is 11.1. The van der Waals surface area contributed by atoms with Crippen LogP contribution in [0.2, 0.25) is 0 Å². The number of rotatable bonds is 6. The van der Waals surface area contributed by atoms with E-state index >= 15 is 0 Å². The third kappa shape index (κ3) is 9.23. The lowest BCUT2D eigenvalue weighted by molar-refractivity contribution is -0.129. The van der Waals surface area contributed by atoms with Crippen molar-refractivity contribution in [1.82, 2.24) is 15.5 Å². The highest BCUT2D eigenvalue weighted by Gasteiger charge is 2.31. The molecular formula is C47H51N3O3. The van der Waals surface area contributed by atoms with E-state index in [4.69, 9.17) is 0 Å². The maximum atomic E-state index is 12.5. The first-order chi connectivity index (χ1) is 25.9. The lowest BCUT2D eigenvalue weighted by Gasteiger charge is -2.28. The summed E-state index contributed by atoms with van der Waals surface area (Å²) in [5, 5.41) is 6.35. The second kappa shape index (κ2) is 17.1. The highest BCUT2D eigenvalue weighted by molar-refractivity contribution is 5.97. The fourth-order valence-electron chi connectivity index (χ4n) is 8.35. The summed E-state index contributed by atoms with van der Waals surface area (Å²) in [6, 6.07) is 38.6. The molecule has 3 aliphatic heterocycles. The fourth-order valence-corrected chi connectivity index (χ4v) is 8.35. The molecule has 2 atom stereocenters. The van der Waals surface area contributed by atoms with Crippen LogP contribution in [0.15, 0.2) is 131 Å². The Hall–Kier alpha value is -5.23. The summed E-state index contributed by atoms with van der Waals surface area (Å²) in [5.74, 6) is 0.386. The molecule has 0 aromatic heterocycles. The van der Waals surface area contributed by atoms with Gasteiger partial charge in [-0.15, -0.1) is 0 Å². The molecule has 4 aromatic carbocycles. The molecule has 53 heavy (non-hydrogen) atoms. The van der Waals surface area contributed by atoms with Crippen LogP contribution in [0.5, 0.6) is 0 Å². The number of nitrogens with zero attached hydrogens (tertiary/aromatic N) is 1. The Labute approximate surface area is 314 Å². The highest BCUT2D eigenvalue weighted by Crippen LogP contribution is 2.32. The van der Waals surface area contributed by atoms with Gasteiger partial charge in [0.2, 0.25) is 17.7 Å². The number of amides is 3. The zero-order chi connectivity index (χ0) is 36.6. The van der Waals surface area contributed by atoms with Crippen LogP contribution >= 0.6 is 0 Å². The van der Waals surface area contributed by atoms with Crippen LogP contribution in [-0.2, 0) is 27.2 Å². The number of allylic oxidation sites excluding steroid dienone is 1. The molecule has 4 aromatic rings. The Morgan fingerprint density at radius 3 is 1.36 bits per heavy atom. The predicted molar refractivity (Wildman–Crippen MR) is 213 cm³/mol. The zero-order valence-electron chi connectivity index (χ0n) is 30.9. The quantitative estimate of drug-likeness (QED) is 0.197. The van der Waals surface area contributed by atoms with Crippen molar-refractivity contribution in [2.24, 2.45) is 0 Å². The normalized spacial score (nSPS) is 20.1. The third-order valence-electron chi connectivity index (χ3n) is 11.3. The number of hydrogen-bond donors (Lipinski definition) is 2. The Morgan fingerprint density at radius 1 is 0.547 bits per heavy atom. The van der Waals surface area contributed by atoms with Crippen molar-refractivity contribution < 1.29 is 14.4 Å². The number of nitrogens with one attached hydrogen (secondary N) is 2. The number of piperidine rings is 1. The molecule has 0 unspecified atom stereocenters. The topological polar surface area (TPSA) is 78.5 Å². The zero-order valence-corrected chi connectivity index (χ0v) is 30.9. The van der Waals surface area contributed by atoms with Gasteiger partial charge in [0.1, 0.15) is 0 Å². The molecule has 3 heterocycles. The van der Waals surface area contributed by atoms with Crippen LogP contribution in [0.1, 0.15) is 75.8 Å². The van der Waals surface area contributed by atoms with Crippen LogP contribution < -0.4 is 10.6 Å². The molecule has 0 spiro atoms. The van der Waals surface area contributed by atoms with E-state index < -0.39 is 0 Å². The van der Waals surface area contributed by atoms with Gasteiger partial charge >= 0.3 is 0 Å². The molecule has 6 nitrogen and oxygen atoms in total. The highest BCUT2D eigenvalue weighted by atomic mass is 16.2. The number of benzene rings is 4. The van der Waals surface area contributed by atoms with Gasteiger partial charge in [-0.3, -0.25) is 14.4 Å². The van der Waals surface area contributed by atoms with Crippen molar-refractivity contribution >= 4 is 17.7 Å². The molecule has 3 amide bonds. The average molecular weight is 706 g/mol. The molecular weight excluding hydrogens is 655 g/mol. The van der Waals surface area contributed by atoms with Gasteiger partial charge in [0.25, 0.3) is 0 Å². The van der Waals surface area contributed by atoms with Gasteiger partial charge in [0.05, 0.1) is 0 Å². The van der Waals surface area contributed by atoms with E-state index in [1.54, 1.807) is 6.92 Å². The number of carbonyl (C=O) groups is 3. The molecule has 0 radical (unpaired) electrons. The van der Waals surface area contributed by atoms with Gasteiger partial charge < -0.3 is 15.5 Å². The average Bonchev–Trinajstić information content (AvgIpc) is 3.77. The number of hydrogen-bond acceptors (Lipinski definition) is 3. The van der Waals surface area contributed by atoms with Gasteiger partial charge in [-0.25, -0.2) is 0 Å². The van der Waals surface area contributed by atoms with Gasteiger partial charge in [-0.05, 0) is 97.6 Å². The maximum absolute atomic E-state index is 12.5.